The topological polar surface area (TPSA) is 30.0 Å². The number of carbonyl (C=O) groups is 1. The molecule has 14 heavy (non-hydrogen) atoms. The van der Waals surface area contributed by atoms with Crippen LogP contribution in [0.4, 0.5) is 0 Å². The highest BCUT2D eigenvalue weighted by Gasteiger charge is 1.99. The number of Topliss-reactive ketones (excluding diaryl/α,β-unsaturated/α-hetero) is 1. The molecule has 72 valence electrons. The molecule has 3 heteroatoms. The molecular formula is C11H10ClNO. The van der Waals surface area contributed by atoms with Gasteiger partial charge in [0, 0.05) is 19.2 Å². The lowest BCUT2D eigenvalue weighted by Crippen LogP contribution is -1.97. The minimum atomic E-state index is -0.0500. The number of alkyl halides is 1. The second-order valence-electron chi connectivity index (χ2n) is 2.71. The van der Waals surface area contributed by atoms with Crippen molar-refractivity contribution in [2.45, 2.75) is 13.3 Å². The molecule has 0 amide bonds. The Balaban J connectivity index is 2.85. The van der Waals surface area contributed by atoms with E-state index in [1.54, 1.807) is 18.2 Å². The number of hydrogen-bond acceptors (Lipinski definition) is 2. The van der Waals surface area contributed by atoms with E-state index in [0.717, 1.165) is 0 Å². The standard InChI is InChI=1S/C11H10ClNO/c1-9(14)11-7-4-6-10(13-11)5-2-3-8-12/h4,6-7H,3,8H2,1H3. The van der Waals surface area contributed by atoms with Crippen LogP contribution in [-0.2, 0) is 0 Å². The van der Waals surface area contributed by atoms with Crippen molar-refractivity contribution in [1.29, 1.82) is 0 Å². The molecule has 0 unspecified atom stereocenters. The molecule has 0 aromatic carbocycles. The molecule has 0 fully saturated rings. The van der Waals surface area contributed by atoms with Gasteiger partial charge in [0.25, 0.3) is 0 Å². The normalized spacial score (nSPS) is 9.00. The number of aromatic nitrogens is 1. The third-order valence-corrected chi connectivity index (χ3v) is 1.73. The summed E-state index contributed by atoms with van der Waals surface area (Å²) in [6, 6.07) is 5.22. The zero-order valence-electron chi connectivity index (χ0n) is 7.88. The van der Waals surface area contributed by atoms with E-state index >= 15 is 0 Å². The van der Waals surface area contributed by atoms with E-state index in [2.05, 4.69) is 16.8 Å². The fraction of sp³-hybridized carbons (Fsp3) is 0.273. The zero-order valence-corrected chi connectivity index (χ0v) is 8.64. The fourth-order valence-corrected chi connectivity index (χ4v) is 0.995. The van der Waals surface area contributed by atoms with Crippen molar-refractivity contribution < 1.29 is 4.79 Å². The SMILES string of the molecule is CC(=O)c1cccc(C#CCCCl)n1. The molecule has 0 aliphatic rings. The maximum absolute atomic E-state index is 11.0. The highest BCUT2D eigenvalue weighted by atomic mass is 35.5. The maximum Gasteiger partial charge on any atom is 0.178 e. The average molecular weight is 208 g/mol. The molecule has 0 bridgehead atoms. The molecule has 1 rings (SSSR count). The third kappa shape index (κ3) is 3.20. The van der Waals surface area contributed by atoms with Crippen molar-refractivity contribution >= 4 is 17.4 Å². The van der Waals surface area contributed by atoms with E-state index in [4.69, 9.17) is 11.6 Å². The van der Waals surface area contributed by atoms with Crippen molar-refractivity contribution in [2.75, 3.05) is 5.88 Å². The first-order valence-corrected chi connectivity index (χ1v) is 4.80. The minimum absolute atomic E-state index is 0.0500. The molecule has 1 aromatic heterocycles. The summed E-state index contributed by atoms with van der Waals surface area (Å²) in [7, 11) is 0. The van der Waals surface area contributed by atoms with E-state index in [-0.39, 0.29) is 5.78 Å². The van der Waals surface area contributed by atoms with Crippen LogP contribution in [0.3, 0.4) is 0 Å². The van der Waals surface area contributed by atoms with E-state index in [0.29, 0.717) is 23.7 Å². The third-order valence-electron chi connectivity index (χ3n) is 1.55. The second-order valence-corrected chi connectivity index (χ2v) is 3.08. The Morgan fingerprint density at radius 1 is 1.57 bits per heavy atom. The van der Waals surface area contributed by atoms with Crippen molar-refractivity contribution in [2.24, 2.45) is 0 Å². The molecule has 0 N–H and O–H groups in total. The highest BCUT2D eigenvalue weighted by Crippen LogP contribution is 1.99. The van der Waals surface area contributed by atoms with Crippen molar-refractivity contribution in [3.63, 3.8) is 0 Å². The van der Waals surface area contributed by atoms with Crippen LogP contribution < -0.4 is 0 Å². The predicted octanol–water partition coefficient (Wildman–Crippen LogP) is 2.26. The molecule has 0 saturated carbocycles. The first-order valence-electron chi connectivity index (χ1n) is 4.27. The smallest absolute Gasteiger partial charge is 0.178 e. The number of rotatable bonds is 2. The Morgan fingerprint density at radius 2 is 2.36 bits per heavy atom. The van der Waals surface area contributed by atoms with Crippen LogP contribution in [0.25, 0.3) is 0 Å². The molecule has 1 aromatic rings. The maximum atomic E-state index is 11.0. The van der Waals surface area contributed by atoms with Crippen LogP contribution in [0, 0.1) is 11.8 Å². The van der Waals surface area contributed by atoms with Gasteiger partial charge in [-0.25, -0.2) is 4.98 Å². The lowest BCUT2D eigenvalue weighted by molar-refractivity contribution is 0.101. The lowest BCUT2D eigenvalue weighted by atomic mass is 10.2. The van der Waals surface area contributed by atoms with Crippen molar-refractivity contribution in [3.8, 4) is 11.8 Å². The van der Waals surface area contributed by atoms with Crippen LogP contribution in [0.1, 0.15) is 29.5 Å². The van der Waals surface area contributed by atoms with Crippen LogP contribution in [0.2, 0.25) is 0 Å². The zero-order chi connectivity index (χ0) is 10.4. The molecule has 0 spiro atoms. The first kappa shape index (κ1) is 10.7. The summed E-state index contributed by atoms with van der Waals surface area (Å²) in [6.07, 6.45) is 0.632. The molecule has 1 heterocycles. The summed E-state index contributed by atoms with van der Waals surface area (Å²) in [5.41, 5.74) is 1.06. The largest absolute Gasteiger partial charge is 0.293 e. The molecule has 0 aliphatic carbocycles. The molecular weight excluding hydrogens is 198 g/mol. The van der Waals surface area contributed by atoms with Gasteiger partial charge in [-0.05, 0) is 18.1 Å². The number of carbonyl (C=O) groups excluding carboxylic acids is 1. The van der Waals surface area contributed by atoms with Crippen molar-refractivity contribution in [3.05, 3.63) is 29.6 Å². The Kier molecular flexibility index (Phi) is 4.15. The Bertz CT molecular complexity index is 390. The van der Waals surface area contributed by atoms with Crippen molar-refractivity contribution in [1.82, 2.24) is 4.98 Å². The van der Waals surface area contributed by atoms with Crippen LogP contribution >= 0.6 is 11.6 Å². The van der Waals surface area contributed by atoms with Gasteiger partial charge in [-0.3, -0.25) is 4.79 Å². The predicted molar refractivity (Wildman–Crippen MR) is 56.5 cm³/mol. The molecule has 0 aliphatic heterocycles. The van der Waals surface area contributed by atoms with Crippen LogP contribution in [-0.4, -0.2) is 16.6 Å². The molecule has 2 nitrogen and oxygen atoms in total. The second kappa shape index (κ2) is 5.41. The number of hydrogen-bond donors (Lipinski definition) is 0. The van der Waals surface area contributed by atoms with Gasteiger partial charge in [-0.1, -0.05) is 12.0 Å². The Morgan fingerprint density at radius 3 is 3.00 bits per heavy atom. The van der Waals surface area contributed by atoms with E-state index < -0.39 is 0 Å². The van der Waals surface area contributed by atoms with Gasteiger partial charge in [-0.2, -0.15) is 0 Å². The van der Waals surface area contributed by atoms with Gasteiger partial charge in [0.15, 0.2) is 5.78 Å². The van der Waals surface area contributed by atoms with E-state index in [9.17, 15) is 4.79 Å². The summed E-state index contributed by atoms with van der Waals surface area (Å²) in [4.78, 5) is 15.1. The van der Waals surface area contributed by atoms with Crippen LogP contribution in [0.5, 0.6) is 0 Å². The average Bonchev–Trinajstić information content (AvgIpc) is 2.19. The minimum Gasteiger partial charge on any atom is -0.293 e. The fourth-order valence-electron chi connectivity index (χ4n) is 0.901. The monoisotopic (exact) mass is 207 g/mol. The quantitative estimate of drug-likeness (QED) is 0.423. The lowest BCUT2D eigenvalue weighted by Gasteiger charge is -1.94. The highest BCUT2D eigenvalue weighted by molar-refractivity contribution is 6.18. The van der Waals surface area contributed by atoms with E-state index in [1.165, 1.54) is 6.92 Å². The summed E-state index contributed by atoms with van der Waals surface area (Å²) < 4.78 is 0. The number of pyridine rings is 1. The van der Waals surface area contributed by atoms with Gasteiger partial charge < -0.3 is 0 Å². The van der Waals surface area contributed by atoms with Gasteiger partial charge in [0.1, 0.15) is 11.4 Å². The van der Waals surface area contributed by atoms with Gasteiger partial charge >= 0.3 is 0 Å². The van der Waals surface area contributed by atoms with Gasteiger partial charge in [0.2, 0.25) is 0 Å². The van der Waals surface area contributed by atoms with E-state index in [1.807, 2.05) is 0 Å². The summed E-state index contributed by atoms with van der Waals surface area (Å²) in [5.74, 6) is 6.17. The Labute approximate surface area is 88.3 Å². The summed E-state index contributed by atoms with van der Waals surface area (Å²) in [5, 5.41) is 0. The Hall–Kier alpha value is -1.33. The number of nitrogens with zero attached hydrogens (tertiary/aromatic N) is 1. The summed E-state index contributed by atoms with van der Waals surface area (Å²) in [6.45, 7) is 1.48. The summed E-state index contributed by atoms with van der Waals surface area (Å²) >= 11 is 5.47. The number of ketones is 1. The first-order chi connectivity index (χ1) is 6.74. The van der Waals surface area contributed by atoms with Gasteiger partial charge in [0.05, 0.1) is 0 Å². The number of halogens is 1. The molecule has 0 atom stereocenters. The molecule has 0 radical (unpaired) electrons. The molecule has 0 saturated heterocycles. The van der Waals surface area contributed by atoms with Gasteiger partial charge in [-0.15, -0.1) is 11.6 Å². The van der Waals surface area contributed by atoms with Crippen LogP contribution in [0.15, 0.2) is 18.2 Å².